The van der Waals surface area contributed by atoms with Crippen molar-refractivity contribution in [3.8, 4) is 0 Å². The Hall–Kier alpha value is -1.86. The third-order valence-electron chi connectivity index (χ3n) is 4.26. The molecule has 0 aliphatic carbocycles. The molecule has 7 heteroatoms. The highest BCUT2D eigenvalue weighted by Gasteiger charge is 2.43. The van der Waals surface area contributed by atoms with E-state index >= 15 is 0 Å². The molecule has 0 saturated carbocycles. The highest BCUT2D eigenvalue weighted by Crippen LogP contribution is 2.37. The highest BCUT2D eigenvalue weighted by molar-refractivity contribution is 9.10. The maximum atomic E-state index is 13.9. The molecule has 1 heterocycles. The first-order valence-corrected chi connectivity index (χ1v) is 10.0. The summed E-state index contributed by atoms with van der Waals surface area (Å²) in [6.07, 6.45) is 0. The van der Waals surface area contributed by atoms with Crippen LogP contribution in [0.5, 0.6) is 0 Å². The smallest absolute Gasteiger partial charge is 0.250 e. The summed E-state index contributed by atoms with van der Waals surface area (Å²) >= 11 is 4.55. The SMILES string of the molecule is CC1(C)C(=O)Nc2ccccc2N1C(=O)CSCc1ccc(Br)cc1F. The normalized spacial score (nSPS) is 15.4. The molecule has 2 amide bonds. The van der Waals surface area contributed by atoms with Crippen LogP contribution in [-0.2, 0) is 15.3 Å². The molecular weight excluding hydrogens is 419 g/mol. The zero-order valence-corrected chi connectivity index (χ0v) is 16.8. The quantitative estimate of drug-likeness (QED) is 0.762. The number of halogens is 2. The number of carbonyl (C=O) groups excluding carboxylic acids is 2. The number of hydrogen-bond acceptors (Lipinski definition) is 3. The largest absolute Gasteiger partial charge is 0.322 e. The van der Waals surface area contributed by atoms with Gasteiger partial charge >= 0.3 is 0 Å². The zero-order valence-electron chi connectivity index (χ0n) is 14.4. The van der Waals surface area contributed by atoms with Crippen LogP contribution in [0, 0.1) is 5.82 Å². The summed E-state index contributed by atoms with van der Waals surface area (Å²) in [4.78, 5) is 26.8. The number of nitrogens with zero attached hydrogens (tertiary/aromatic N) is 1. The average molecular weight is 437 g/mol. The van der Waals surface area contributed by atoms with Crippen LogP contribution in [-0.4, -0.2) is 23.1 Å². The summed E-state index contributed by atoms with van der Waals surface area (Å²) < 4.78 is 14.6. The first kappa shape index (κ1) is 18.9. The lowest BCUT2D eigenvalue weighted by Crippen LogP contribution is -2.58. The molecular formula is C19H18BrFN2O2S. The van der Waals surface area contributed by atoms with E-state index in [9.17, 15) is 14.0 Å². The van der Waals surface area contributed by atoms with Gasteiger partial charge in [0.1, 0.15) is 11.4 Å². The van der Waals surface area contributed by atoms with Gasteiger partial charge in [-0.25, -0.2) is 4.39 Å². The molecule has 1 aliphatic rings. The lowest BCUT2D eigenvalue weighted by molar-refractivity contribution is -0.125. The van der Waals surface area contributed by atoms with E-state index in [-0.39, 0.29) is 23.4 Å². The van der Waals surface area contributed by atoms with E-state index in [0.29, 0.717) is 27.2 Å². The zero-order chi connectivity index (χ0) is 18.9. The van der Waals surface area contributed by atoms with Gasteiger partial charge < -0.3 is 5.32 Å². The number of carbonyl (C=O) groups is 2. The first-order valence-electron chi connectivity index (χ1n) is 8.06. The van der Waals surface area contributed by atoms with E-state index in [1.165, 1.54) is 22.7 Å². The molecule has 0 bridgehead atoms. The van der Waals surface area contributed by atoms with Crippen molar-refractivity contribution in [3.63, 3.8) is 0 Å². The second-order valence-electron chi connectivity index (χ2n) is 6.49. The Balaban J connectivity index is 1.75. The van der Waals surface area contributed by atoms with Crippen molar-refractivity contribution in [3.05, 3.63) is 58.3 Å². The van der Waals surface area contributed by atoms with Gasteiger partial charge in [0.25, 0.3) is 0 Å². The van der Waals surface area contributed by atoms with Gasteiger partial charge in [0.05, 0.1) is 17.1 Å². The Bertz CT molecular complexity index is 872. The minimum absolute atomic E-state index is 0.153. The minimum Gasteiger partial charge on any atom is -0.322 e. The number of rotatable bonds is 4. The summed E-state index contributed by atoms with van der Waals surface area (Å²) in [5.41, 5.74) is 0.850. The molecule has 1 N–H and O–H groups in total. The Morgan fingerprint density at radius 3 is 2.73 bits per heavy atom. The van der Waals surface area contributed by atoms with E-state index in [0.717, 1.165) is 0 Å². The maximum Gasteiger partial charge on any atom is 0.250 e. The average Bonchev–Trinajstić information content (AvgIpc) is 2.57. The Morgan fingerprint density at radius 2 is 2.00 bits per heavy atom. The highest BCUT2D eigenvalue weighted by atomic mass is 79.9. The monoisotopic (exact) mass is 436 g/mol. The third-order valence-corrected chi connectivity index (χ3v) is 5.71. The van der Waals surface area contributed by atoms with Crippen molar-refractivity contribution in [1.29, 1.82) is 0 Å². The van der Waals surface area contributed by atoms with Crippen LogP contribution in [0.2, 0.25) is 0 Å². The summed E-state index contributed by atoms with van der Waals surface area (Å²) in [5, 5.41) is 2.84. The molecule has 0 saturated heterocycles. The van der Waals surface area contributed by atoms with Gasteiger partial charge in [0.2, 0.25) is 11.8 Å². The fraction of sp³-hybridized carbons (Fsp3) is 0.263. The van der Waals surface area contributed by atoms with Crippen LogP contribution < -0.4 is 10.2 Å². The van der Waals surface area contributed by atoms with Crippen LogP contribution in [0.4, 0.5) is 15.8 Å². The van der Waals surface area contributed by atoms with Gasteiger partial charge in [0.15, 0.2) is 0 Å². The number of nitrogens with one attached hydrogen (secondary N) is 1. The van der Waals surface area contributed by atoms with Crippen molar-refractivity contribution < 1.29 is 14.0 Å². The number of benzene rings is 2. The summed E-state index contributed by atoms with van der Waals surface area (Å²) in [6, 6.07) is 12.1. The molecule has 0 radical (unpaired) electrons. The van der Waals surface area contributed by atoms with E-state index in [1.807, 2.05) is 18.2 Å². The lowest BCUT2D eigenvalue weighted by atomic mass is 9.96. The van der Waals surface area contributed by atoms with Crippen molar-refractivity contribution in [2.45, 2.75) is 25.1 Å². The standard InChI is InChI=1S/C19H18BrFN2O2S/c1-19(2)18(25)22-15-5-3-4-6-16(15)23(19)17(24)11-26-10-12-7-8-13(20)9-14(12)21/h3-9H,10-11H2,1-2H3,(H,22,25). The topological polar surface area (TPSA) is 49.4 Å². The summed E-state index contributed by atoms with van der Waals surface area (Å²) in [7, 11) is 0. The molecule has 0 fully saturated rings. The Morgan fingerprint density at radius 1 is 1.27 bits per heavy atom. The fourth-order valence-electron chi connectivity index (χ4n) is 2.85. The van der Waals surface area contributed by atoms with E-state index < -0.39 is 5.54 Å². The van der Waals surface area contributed by atoms with E-state index in [4.69, 9.17) is 0 Å². The first-order chi connectivity index (χ1) is 12.3. The van der Waals surface area contributed by atoms with Gasteiger partial charge in [0, 0.05) is 10.2 Å². The summed E-state index contributed by atoms with van der Waals surface area (Å²) in [6.45, 7) is 3.43. The van der Waals surface area contributed by atoms with E-state index in [2.05, 4.69) is 21.2 Å². The number of thioether (sulfide) groups is 1. The summed E-state index contributed by atoms with van der Waals surface area (Å²) in [5.74, 6) is -0.177. The molecule has 2 aromatic carbocycles. The molecule has 136 valence electrons. The van der Waals surface area contributed by atoms with Crippen LogP contribution >= 0.6 is 27.7 Å². The predicted octanol–water partition coefficient (Wildman–Crippen LogP) is 4.59. The Labute approximate surface area is 164 Å². The molecule has 26 heavy (non-hydrogen) atoms. The predicted molar refractivity (Wildman–Crippen MR) is 107 cm³/mol. The van der Waals surface area contributed by atoms with Crippen LogP contribution in [0.15, 0.2) is 46.9 Å². The second kappa shape index (κ2) is 7.40. The molecule has 4 nitrogen and oxygen atoms in total. The third kappa shape index (κ3) is 3.64. The van der Waals surface area contributed by atoms with Gasteiger partial charge in [-0.2, -0.15) is 0 Å². The lowest BCUT2D eigenvalue weighted by Gasteiger charge is -2.42. The minimum atomic E-state index is -0.991. The van der Waals surface area contributed by atoms with Crippen molar-refractivity contribution in [2.75, 3.05) is 16.0 Å². The van der Waals surface area contributed by atoms with Crippen LogP contribution in [0.3, 0.4) is 0 Å². The number of anilines is 2. The molecule has 3 rings (SSSR count). The molecule has 0 unspecified atom stereocenters. The number of para-hydroxylation sites is 2. The van der Waals surface area contributed by atoms with Crippen molar-refractivity contribution in [2.24, 2.45) is 0 Å². The molecule has 0 spiro atoms. The van der Waals surface area contributed by atoms with Crippen LogP contribution in [0.25, 0.3) is 0 Å². The van der Waals surface area contributed by atoms with Crippen LogP contribution in [0.1, 0.15) is 19.4 Å². The van der Waals surface area contributed by atoms with Gasteiger partial charge in [-0.05, 0) is 43.7 Å². The van der Waals surface area contributed by atoms with Gasteiger partial charge in [-0.1, -0.05) is 34.1 Å². The second-order valence-corrected chi connectivity index (χ2v) is 8.39. The number of fused-ring (bicyclic) bond motifs is 1. The number of hydrogen-bond donors (Lipinski definition) is 1. The van der Waals surface area contributed by atoms with Crippen molar-refractivity contribution >= 4 is 50.9 Å². The molecule has 0 aromatic heterocycles. The fourth-order valence-corrected chi connectivity index (χ4v) is 4.04. The molecule has 2 aromatic rings. The Kier molecular flexibility index (Phi) is 5.39. The maximum absolute atomic E-state index is 13.9. The number of amides is 2. The molecule has 1 aliphatic heterocycles. The van der Waals surface area contributed by atoms with Gasteiger partial charge in [-0.15, -0.1) is 11.8 Å². The van der Waals surface area contributed by atoms with Gasteiger partial charge in [-0.3, -0.25) is 14.5 Å². The van der Waals surface area contributed by atoms with Crippen molar-refractivity contribution in [1.82, 2.24) is 0 Å². The van der Waals surface area contributed by atoms with E-state index in [1.54, 1.807) is 32.0 Å². The molecule has 0 atom stereocenters.